The minimum Gasteiger partial charge on any atom is -0.494 e. The lowest BCUT2D eigenvalue weighted by Gasteiger charge is -2.33. The van der Waals surface area contributed by atoms with Gasteiger partial charge in [0, 0.05) is 26.2 Å². The Labute approximate surface area is 139 Å². The Bertz CT molecular complexity index is 468. The van der Waals surface area contributed by atoms with Crippen molar-refractivity contribution in [2.75, 3.05) is 45.9 Å². The first kappa shape index (κ1) is 17.6. The molecule has 23 heavy (non-hydrogen) atoms. The number of carbonyl (C=O) groups excluding carboxylic acids is 1. The second-order valence-corrected chi connectivity index (χ2v) is 5.78. The van der Waals surface area contributed by atoms with Crippen LogP contribution in [0.2, 0.25) is 0 Å². The smallest absolute Gasteiger partial charge is 0.260 e. The monoisotopic (exact) mass is 320 g/mol. The summed E-state index contributed by atoms with van der Waals surface area (Å²) >= 11 is 0. The summed E-state index contributed by atoms with van der Waals surface area (Å²) in [4.78, 5) is 16.4. The zero-order chi connectivity index (χ0) is 16.5. The van der Waals surface area contributed by atoms with Gasteiger partial charge in [0.2, 0.25) is 0 Å². The molecule has 0 aliphatic carbocycles. The van der Waals surface area contributed by atoms with E-state index in [9.17, 15) is 4.79 Å². The van der Waals surface area contributed by atoms with Crippen molar-refractivity contribution >= 4 is 5.91 Å². The number of carbonyl (C=O) groups is 1. The van der Waals surface area contributed by atoms with E-state index in [4.69, 9.17) is 9.47 Å². The Balaban J connectivity index is 1.71. The fraction of sp³-hybridized carbons (Fsp3) is 0.611. The third-order valence-electron chi connectivity index (χ3n) is 4.12. The van der Waals surface area contributed by atoms with Crippen molar-refractivity contribution in [2.24, 2.45) is 0 Å². The highest BCUT2D eigenvalue weighted by molar-refractivity contribution is 5.77. The minimum atomic E-state index is 0.0593. The predicted octanol–water partition coefficient (Wildman–Crippen LogP) is 2.41. The highest BCUT2D eigenvalue weighted by Crippen LogP contribution is 2.18. The van der Waals surface area contributed by atoms with Crippen molar-refractivity contribution in [2.45, 2.75) is 26.7 Å². The largest absolute Gasteiger partial charge is 0.494 e. The van der Waals surface area contributed by atoms with Crippen molar-refractivity contribution in [1.29, 1.82) is 0 Å². The van der Waals surface area contributed by atoms with Crippen molar-refractivity contribution in [3.05, 3.63) is 24.3 Å². The molecule has 5 nitrogen and oxygen atoms in total. The summed E-state index contributed by atoms with van der Waals surface area (Å²) < 4.78 is 11.2. The number of hydrogen-bond donors (Lipinski definition) is 0. The maximum absolute atomic E-state index is 12.2. The lowest BCUT2D eigenvalue weighted by Crippen LogP contribution is -2.49. The Hall–Kier alpha value is -1.75. The molecule has 0 unspecified atom stereocenters. The van der Waals surface area contributed by atoms with Crippen LogP contribution in [0.5, 0.6) is 11.5 Å². The molecule has 128 valence electrons. The topological polar surface area (TPSA) is 42.0 Å². The maximum atomic E-state index is 12.2. The molecule has 1 aromatic carbocycles. The summed E-state index contributed by atoms with van der Waals surface area (Å²) in [6.07, 6.45) is 2.17. The van der Waals surface area contributed by atoms with Crippen LogP contribution in [-0.2, 0) is 4.79 Å². The van der Waals surface area contributed by atoms with E-state index in [0.717, 1.165) is 57.9 Å². The zero-order valence-corrected chi connectivity index (χ0v) is 14.3. The molecule has 0 saturated carbocycles. The molecule has 0 radical (unpaired) electrons. The van der Waals surface area contributed by atoms with Crippen LogP contribution in [0.15, 0.2) is 24.3 Å². The molecular weight excluding hydrogens is 292 g/mol. The molecule has 1 aliphatic heterocycles. The van der Waals surface area contributed by atoms with E-state index in [0.29, 0.717) is 5.75 Å². The molecule has 0 atom stereocenters. The standard InChI is InChI=1S/C18H28N2O3/c1-3-5-14-22-16-6-8-17(9-7-16)23-15-18(21)20-12-10-19(4-2)11-13-20/h6-9H,3-5,10-15H2,1-2H3. The van der Waals surface area contributed by atoms with Crippen molar-refractivity contribution in [1.82, 2.24) is 9.80 Å². The van der Waals surface area contributed by atoms with Crippen LogP contribution in [0.25, 0.3) is 0 Å². The molecule has 1 saturated heterocycles. The quantitative estimate of drug-likeness (QED) is 0.690. The molecule has 5 heteroatoms. The van der Waals surface area contributed by atoms with E-state index < -0.39 is 0 Å². The van der Waals surface area contributed by atoms with Gasteiger partial charge in [0.15, 0.2) is 6.61 Å². The summed E-state index contributed by atoms with van der Waals surface area (Å²) in [5.41, 5.74) is 0. The number of unbranched alkanes of at least 4 members (excludes halogenated alkanes) is 1. The summed E-state index contributed by atoms with van der Waals surface area (Å²) in [7, 11) is 0. The van der Waals surface area contributed by atoms with Crippen LogP contribution in [-0.4, -0.2) is 61.6 Å². The average molecular weight is 320 g/mol. The molecule has 1 amide bonds. The Morgan fingerprint density at radius 3 is 2.17 bits per heavy atom. The molecule has 0 N–H and O–H groups in total. The van der Waals surface area contributed by atoms with Gasteiger partial charge in [-0.1, -0.05) is 20.3 Å². The Kier molecular flexibility index (Phi) is 7.20. The lowest BCUT2D eigenvalue weighted by atomic mass is 10.3. The molecule has 1 fully saturated rings. The first-order valence-electron chi connectivity index (χ1n) is 8.58. The predicted molar refractivity (Wildman–Crippen MR) is 91.0 cm³/mol. The third-order valence-corrected chi connectivity index (χ3v) is 4.12. The fourth-order valence-electron chi connectivity index (χ4n) is 2.52. The van der Waals surface area contributed by atoms with Gasteiger partial charge in [-0.2, -0.15) is 0 Å². The molecule has 2 rings (SSSR count). The van der Waals surface area contributed by atoms with Gasteiger partial charge in [0.1, 0.15) is 11.5 Å². The van der Waals surface area contributed by atoms with Gasteiger partial charge in [-0.05, 0) is 37.2 Å². The minimum absolute atomic E-state index is 0.0593. The van der Waals surface area contributed by atoms with Crippen LogP contribution < -0.4 is 9.47 Å². The maximum Gasteiger partial charge on any atom is 0.260 e. The van der Waals surface area contributed by atoms with Gasteiger partial charge >= 0.3 is 0 Å². The molecule has 1 heterocycles. The number of hydrogen-bond acceptors (Lipinski definition) is 4. The number of piperazine rings is 1. The van der Waals surface area contributed by atoms with E-state index in [1.54, 1.807) is 0 Å². The van der Waals surface area contributed by atoms with Gasteiger partial charge < -0.3 is 19.3 Å². The van der Waals surface area contributed by atoms with E-state index in [1.807, 2.05) is 29.2 Å². The van der Waals surface area contributed by atoms with Crippen molar-refractivity contribution < 1.29 is 14.3 Å². The highest BCUT2D eigenvalue weighted by atomic mass is 16.5. The average Bonchev–Trinajstić information content (AvgIpc) is 2.61. The summed E-state index contributed by atoms with van der Waals surface area (Å²) in [5, 5.41) is 0. The van der Waals surface area contributed by atoms with Crippen LogP contribution in [0.1, 0.15) is 26.7 Å². The van der Waals surface area contributed by atoms with E-state index in [2.05, 4.69) is 18.7 Å². The number of benzene rings is 1. The molecule has 0 spiro atoms. The Morgan fingerprint density at radius 2 is 1.61 bits per heavy atom. The number of nitrogens with zero attached hydrogens (tertiary/aromatic N) is 2. The second-order valence-electron chi connectivity index (χ2n) is 5.78. The van der Waals surface area contributed by atoms with Crippen LogP contribution >= 0.6 is 0 Å². The number of rotatable bonds is 8. The second kappa shape index (κ2) is 9.40. The van der Waals surface area contributed by atoms with Crippen molar-refractivity contribution in [3.8, 4) is 11.5 Å². The van der Waals surface area contributed by atoms with Gasteiger partial charge in [-0.3, -0.25) is 4.79 Å². The molecule has 0 bridgehead atoms. The molecule has 1 aromatic rings. The lowest BCUT2D eigenvalue weighted by molar-refractivity contribution is -0.135. The fourth-order valence-corrected chi connectivity index (χ4v) is 2.52. The van der Waals surface area contributed by atoms with Gasteiger partial charge in [0.25, 0.3) is 5.91 Å². The van der Waals surface area contributed by atoms with E-state index in [1.165, 1.54) is 0 Å². The highest BCUT2D eigenvalue weighted by Gasteiger charge is 2.20. The van der Waals surface area contributed by atoms with Crippen LogP contribution in [0.3, 0.4) is 0 Å². The first-order chi connectivity index (χ1) is 11.2. The summed E-state index contributed by atoms with van der Waals surface area (Å²) in [6.45, 7) is 9.65. The normalized spacial score (nSPS) is 15.5. The number of ether oxygens (including phenoxy) is 2. The number of likely N-dealkylation sites (N-methyl/N-ethyl adjacent to an activating group) is 1. The molecule has 0 aromatic heterocycles. The summed E-state index contributed by atoms with van der Waals surface area (Å²) in [6, 6.07) is 7.47. The first-order valence-corrected chi connectivity index (χ1v) is 8.58. The Morgan fingerprint density at radius 1 is 1.00 bits per heavy atom. The van der Waals surface area contributed by atoms with Crippen molar-refractivity contribution in [3.63, 3.8) is 0 Å². The van der Waals surface area contributed by atoms with E-state index in [-0.39, 0.29) is 12.5 Å². The molecule has 1 aliphatic rings. The third kappa shape index (κ3) is 5.75. The number of amides is 1. The zero-order valence-electron chi connectivity index (χ0n) is 14.3. The van der Waals surface area contributed by atoms with Gasteiger partial charge in [-0.25, -0.2) is 0 Å². The van der Waals surface area contributed by atoms with Gasteiger partial charge in [0.05, 0.1) is 6.61 Å². The summed E-state index contributed by atoms with van der Waals surface area (Å²) in [5.74, 6) is 1.60. The molecular formula is C18H28N2O3. The van der Waals surface area contributed by atoms with E-state index >= 15 is 0 Å². The van der Waals surface area contributed by atoms with Gasteiger partial charge in [-0.15, -0.1) is 0 Å². The van der Waals surface area contributed by atoms with Crippen LogP contribution in [0, 0.1) is 0 Å². The SMILES string of the molecule is CCCCOc1ccc(OCC(=O)N2CCN(CC)CC2)cc1. The van der Waals surface area contributed by atoms with Crippen LogP contribution in [0.4, 0.5) is 0 Å².